The minimum absolute atomic E-state index is 0.232. The summed E-state index contributed by atoms with van der Waals surface area (Å²) >= 11 is -0.953. The first-order chi connectivity index (χ1) is 6.42. The third-order valence-electron chi connectivity index (χ3n) is 2.60. The van der Waals surface area contributed by atoms with Crippen LogP contribution in [0.1, 0.15) is 0 Å². The van der Waals surface area contributed by atoms with E-state index in [1.807, 2.05) is 0 Å². The molecule has 1 nitrogen and oxygen atoms in total. The Labute approximate surface area is 100.0 Å². The van der Waals surface area contributed by atoms with Crippen molar-refractivity contribution >= 4 is 58.7 Å². The van der Waals surface area contributed by atoms with Crippen molar-refractivity contribution in [3.05, 3.63) is 19.8 Å². The van der Waals surface area contributed by atoms with Crippen LogP contribution in [0, 0.1) is 17.8 Å². The molecule has 2 heterocycles. The normalized spacial score (nSPS) is 30.2. The van der Waals surface area contributed by atoms with Gasteiger partial charge in [-0.05, 0) is 0 Å². The summed E-state index contributed by atoms with van der Waals surface area (Å²) < 4.78 is 9.55. The molecular weight excluding hydrogens is 366 g/mol. The van der Waals surface area contributed by atoms with Gasteiger partial charge in [-0.15, -0.1) is 0 Å². The van der Waals surface area contributed by atoms with Gasteiger partial charge in [-0.1, -0.05) is 0 Å². The second kappa shape index (κ2) is 4.92. The first-order valence-electron chi connectivity index (χ1n) is 4.57. The second-order valence-corrected chi connectivity index (χ2v) is 10.00. The minimum atomic E-state index is -0.477. The quantitative estimate of drug-likeness (QED) is 0.640. The van der Waals surface area contributed by atoms with Crippen LogP contribution in [0.3, 0.4) is 0 Å². The van der Waals surface area contributed by atoms with E-state index in [9.17, 15) is 4.79 Å². The third kappa shape index (κ3) is 2.35. The topological polar surface area (TPSA) is 17.1 Å². The zero-order chi connectivity index (χ0) is 9.10. The van der Waals surface area contributed by atoms with Gasteiger partial charge in [-0.25, -0.2) is 0 Å². The second-order valence-electron chi connectivity index (χ2n) is 3.41. The molecule has 0 spiro atoms. The van der Waals surface area contributed by atoms with Gasteiger partial charge < -0.3 is 0 Å². The number of rotatable bonds is 3. The van der Waals surface area contributed by atoms with Crippen molar-refractivity contribution in [1.82, 2.24) is 0 Å². The monoisotopic (exact) mass is 376 g/mol. The van der Waals surface area contributed by atoms with Crippen molar-refractivity contribution in [2.75, 3.05) is 0 Å². The van der Waals surface area contributed by atoms with E-state index in [4.69, 9.17) is 0 Å². The van der Waals surface area contributed by atoms with Crippen LogP contribution in [-0.4, -0.2) is 58.7 Å². The standard InChI is InChI=1S/C10H10O.2In/c1-5-8(3)10(7-11)9(4)6-2;;/h1-10H;;. The van der Waals surface area contributed by atoms with Crippen LogP contribution in [0.4, 0.5) is 0 Å². The molecule has 0 radical (unpaired) electrons. The van der Waals surface area contributed by atoms with Gasteiger partial charge in [0.2, 0.25) is 0 Å². The molecule has 0 aliphatic carbocycles. The number of carbonyl (C=O) groups excluding carboxylic acids is 1. The van der Waals surface area contributed by atoms with Crippen LogP contribution in [0.2, 0.25) is 0 Å². The SMILES string of the molecule is O=CC(C1C=[CH][In]=[CH]1)C1C=[CH][In]=[CH]1. The van der Waals surface area contributed by atoms with Crippen LogP contribution in [-0.2, 0) is 4.79 Å². The maximum absolute atomic E-state index is 11.0. The van der Waals surface area contributed by atoms with Gasteiger partial charge in [-0.2, -0.15) is 0 Å². The number of hydrogen-bond donors (Lipinski definition) is 0. The van der Waals surface area contributed by atoms with Crippen LogP contribution in [0.5, 0.6) is 0 Å². The molecule has 62 valence electrons. The molecule has 3 heteroatoms. The van der Waals surface area contributed by atoms with Gasteiger partial charge in [0.25, 0.3) is 0 Å². The molecule has 0 amide bonds. The average molecular weight is 376 g/mol. The van der Waals surface area contributed by atoms with E-state index in [2.05, 4.69) is 27.3 Å². The molecule has 13 heavy (non-hydrogen) atoms. The summed E-state index contributed by atoms with van der Waals surface area (Å²) in [5.74, 6) is 1.19. The molecular formula is C10H10In2O. The Kier molecular flexibility index (Phi) is 3.85. The van der Waals surface area contributed by atoms with Crippen LogP contribution in [0.25, 0.3) is 0 Å². The van der Waals surface area contributed by atoms with Crippen LogP contribution >= 0.6 is 0 Å². The third-order valence-corrected chi connectivity index (χ3v) is 8.94. The summed E-state index contributed by atoms with van der Waals surface area (Å²) in [5.41, 5.74) is 0. The molecule has 2 unspecified atom stereocenters. The molecule has 2 atom stereocenters. The van der Waals surface area contributed by atoms with Crippen LogP contribution < -0.4 is 0 Å². The van der Waals surface area contributed by atoms with Crippen molar-refractivity contribution in [3.63, 3.8) is 0 Å². The van der Waals surface area contributed by atoms with Crippen molar-refractivity contribution in [2.45, 2.75) is 0 Å². The number of aldehydes is 1. The molecule has 2 aliphatic heterocycles. The fourth-order valence-electron chi connectivity index (χ4n) is 1.85. The van der Waals surface area contributed by atoms with Gasteiger partial charge in [0, 0.05) is 0 Å². The Morgan fingerprint density at radius 2 is 1.62 bits per heavy atom. The summed E-state index contributed by atoms with van der Waals surface area (Å²) in [7, 11) is 0. The molecule has 0 aromatic heterocycles. The molecule has 2 rings (SSSR count). The number of carbonyl (C=O) groups is 1. The Morgan fingerprint density at radius 3 is 1.92 bits per heavy atom. The van der Waals surface area contributed by atoms with Crippen molar-refractivity contribution in [1.29, 1.82) is 0 Å². The van der Waals surface area contributed by atoms with Crippen molar-refractivity contribution < 1.29 is 4.79 Å². The van der Waals surface area contributed by atoms with Gasteiger partial charge in [0.1, 0.15) is 0 Å². The predicted octanol–water partition coefficient (Wildman–Crippen LogP) is 0.101. The fraction of sp³-hybridized carbons (Fsp3) is 0.300. The Bertz CT molecular complexity index is 263. The molecule has 0 aromatic rings. The van der Waals surface area contributed by atoms with E-state index in [0.29, 0.717) is 11.8 Å². The zero-order valence-corrected chi connectivity index (χ0v) is 13.9. The molecule has 0 aromatic carbocycles. The fourth-order valence-corrected chi connectivity index (χ4v) is 8.44. The number of allylic oxidation sites excluding steroid dienone is 2. The molecule has 2 aliphatic rings. The van der Waals surface area contributed by atoms with E-state index in [-0.39, 0.29) is 5.92 Å². The van der Waals surface area contributed by atoms with E-state index in [1.165, 1.54) is 6.29 Å². The summed E-state index contributed by atoms with van der Waals surface area (Å²) in [4.78, 5) is 11.0. The first kappa shape index (κ1) is 10.2. The number of hydrogen-bond acceptors (Lipinski definition) is 1. The van der Waals surface area contributed by atoms with E-state index in [1.54, 1.807) is 0 Å². The summed E-state index contributed by atoms with van der Waals surface area (Å²) in [6.45, 7) is 0. The van der Waals surface area contributed by atoms with Crippen molar-refractivity contribution in [2.24, 2.45) is 17.8 Å². The van der Waals surface area contributed by atoms with E-state index < -0.39 is 44.8 Å². The van der Waals surface area contributed by atoms with Gasteiger partial charge in [-0.3, -0.25) is 0 Å². The molecule has 0 saturated heterocycles. The maximum atomic E-state index is 11.0. The molecule has 0 saturated carbocycles. The van der Waals surface area contributed by atoms with E-state index >= 15 is 0 Å². The van der Waals surface area contributed by atoms with Gasteiger partial charge >= 0.3 is 101 Å². The first-order valence-corrected chi connectivity index (χ1v) is 12.2. The zero-order valence-electron chi connectivity index (χ0n) is 7.34. The molecule has 0 fully saturated rings. The molecule has 0 N–H and O–H groups in total. The summed E-state index contributed by atoms with van der Waals surface area (Å²) in [6, 6.07) is 0. The molecule has 0 bridgehead atoms. The average Bonchev–Trinajstić information content (AvgIpc) is 2.76. The van der Waals surface area contributed by atoms with Gasteiger partial charge in [0.05, 0.1) is 0 Å². The van der Waals surface area contributed by atoms with E-state index in [0.717, 1.165) is 0 Å². The summed E-state index contributed by atoms with van der Waals surface area (Å²) in [6.07, 6.45) is 5.68. The summed E-state index contributed by atoms with van der Waals surface area (Å²) in [5, 5.41) is 0. The van der Waals surface area contributed by atoms with Gasteiger partial charge in [0.15, 0.2) is 0 Å². The van der Waals surface area contributed by atoms with Crippen LogP contribution in [0.15, 0.2) is 19.8 Å². The Balaban J connectivity index is 2.12. The Morgan fingerprint density at radius 1 is 1.08 bits per heavy atom. The Hall–Kier alpha value is 0.630. The predicted molar refractivity (Wildman–Crippen MR) is 58.5 cm³/mol. The van der Waals surface area contributed by atoms with Crippen molar-refractivity contribution in [3.8, 4) is 0 Å².